The summed E-state index contributed by atoms with van der Waals surface area (Å²) in [7, 11) is 1.58. The van der Waals surface area contributed by atoms with E-state index < -0.39 is 17.7 Å². The van der Waals surface area contributed by atoms with Gasteiger partial charge < -0.3 is 14.7 Å². The molecule has 0 spiro atoms. The topological polar surface area (TPSA) is 79.7 Å². The van der Waals surface area contributed by atoms with Crippen LogP contribution >= 0.6 is 0 Å². The number of rotatable bonds is 5. The number of aliphatic hydroxyl groups is 1. The molecule has 1 aromatic heterocycles. The summed E-state index contributed by atoms with van der Waals surface area (Å²) in [5.74, 6) is -0.896. The third-order valence-electron chi connectivity index (χ3n) is 5.07. The number of aliphatic hydroxyl groups excluding tert-OH is 1. The summed E-state index contributed by atoms with van der Waals surface area (Å²) >= 11 is 0. The highest BCUT2D eigenvalue weighted by atomic mass is 16.5. The van der Waals surface area contributed by atoms with E-state index >= 15 is 0 Å². The van der Waals surface area contributed by atoms with Gasteiger partial charge in [-0.3, -0.25) is 14.6 Å². The second-order valence-electron chi connectivity index (χ2n) is 6.90. The van der Waals surface area contributed by atoms with Gasteiger partial charge in [-0.1, -0.05) is 48.5 Å². The number of ether oxygens (including phenoxy) is 1. The molecule has 0 bridgehead atoms. The van der Waals surface area contributed by atoms with Crippen LogP contribution in [0.2, 0.25) is 0 Å². The lowest BCUT2D eigenvalue weighted by atomic mass is 9.98. The molecule has 6 heteroatoms. The molecule has 2 heterocycles. The summed E-state index contributed by atoms with van der Waals surface area (Å²) in [4.78, 5) is 31.7. The summed E-state index contributed by atoms with van der Waals surface area (Å²) in [6.45, 7) is 0.196. The number of carbonyl (C=O) groups is 2. The molecule has 1 aliphatic rings. The zero-order chi connectivity index (χ0) is 21.1. The largest absolute Gasteiger partial charge is 0.507 e. The second kappa shape index (κ2) is 8.21. The van der Waals surface area contributed by atoms with Crippen molar-refractivity contribution in [2.75, 3.05) is 7.11 Å². The van der Waals surface area contributed by atoms with Crippen LogP contribution in [0.15, 0.2) is 84.6 Å². The van der Waals surface area contributed by atoms with E-state index in [1.54, 1.807) is 67.9 Å². The number of hydrogen-bond donors (Lipinski definition) is 1. The third kappa shape index (κ3) is 3.55. The van der Waals surface area contributed by atoms with Crippen molar-refractivity contribution in [2.24, 2.45) is 0 Å². The fourth-order valence-corrected chi connectivity index (χ4v) is 3.57. The molecule has 2 aromatic carbocycles. The predicted molar refractivity (Wildman–Crippen MR) is 112 cm³/mol. The van der Waals surface area contributed by atoms with Crippen LogP contribution in [0.25, 0.3) is 5.76 Å². The van der Waals surface area contributed by atoms with E-state index in [2.05, 4.69) is 4.98 Å². The highest BCUT2D eigenvalue weighted by Crippen LogP contribution is 2.39. The zero-order valence-corrected chi connectivity index (χ0v) is 16.4. The number of Topliss-reactive ketones (excluding diaryl/α,β-unsaturated/α-hetero) is 1. The number of ketones is 1. The summed E-state index contributed by atoms with van der Waals surface area (Å²) in [5, 5.41) is 10.9. The fraction of sp³-hybridized carbons (Fsp3) is 0.125. The Morgan fingerprint density at radius 1 is 1.00 bits per heavy atom. The van der Waals surface area contributed by atoms with Gasteiger partial charge in [0.1, 0.15) is 17.6 Å². The number of methoxy groups -OCH3 is 1. The van der Waals surface area contributed by atoms with Crippen LogP contribution < -0.4 is 4.74 Å². The van der Waals surface area contributed by atoms with Crippen molar-refractivity contribution in [2.45, 2.75) is 12.6 Å². The Morgan fingerprint density at radius 3 is 2.33 bits per heavy atom. The Morgan fingerprint density at radius 2 is 1.70 bits per heavy atom. The maximum Gasteiger partial charge on any atom is 0.296 e. The lowest BCUT2D eigenvalue weighted by Gasteiger charge is -2.24. The maximum atomic E-state index is 12.9. The van der Waals surface area contributed by atoms with E-state index in [-0.39, 0.29) is 17.9 Å². The van der Waals surface area contributed by atoms with E-state index in [1.165, 1.54) is 4.90 Å². The van der Waals surface area contributed by atoms with Crippen LogP contribution in [0, 0.1) is 0 Å². The zero-order valence-electron chi connectivity index (χ0n) is 16.4. The molecule has 1 aliphatic heterocycles. The van der Waals surface area contributed by atoms with E-state index in [0.717, 1.165) is 5.56 Å². The molecule has 0 saturated carbocycles. The minimum absolute atomic E-state index is 0.0402. The molecule has 0 radical (unpaired) electrons. The van der Waals surface area contributed by atoms with Gasteiger partial charge in [0.05, 0.1) is 18.4 Å². The highest BCUT2D eigenvalue weighted by molar-refractivity contribution is 6.46. The van der Waals surface area contributed by atoms with E-state index in [0.29, 0.717) is 17.0 Å². The van der Waals surface area contributed by atoms with Gasteiger partial charge in [0.2, 0.25) is 0 Å². The standard InChI is InChI=1S/C24H20N2O4/c1-30-18-12-10-16(11-13-18)15-26-21(19-9-5-6-14-25-19)20(23(28)24(26)29)22(27)17-7-3-2-4-8-17/h2-14,21,27H,15H2,1H3/b22-20-. The Hall–Kier alpha value is -3.93. The average Bonchev–Trinajstić information content (AvgIpc) is 3.05. The van der Waals surface area contributed by atoms with Crippen molar-refractivity contribution in [3.05, 3.63) is 101 Å². The van der Waals surface area contributed by atoms with Crippen molar-refractivity contribution < 1.29 is 19.4 Å². The molecular formula is C24H20N2O4. The van der Waals surface area contributed by atoms with Crippen LogP contribution in [0.1, 0.15) is 22.9 Å². The van der Waals surface area contributed by atoms with Gasteiger partial charge in [0, 0.05) is 18.3 Å². The molecule has 1 saturated heterocycles. The van der Waals surface area contributed by atoms with Gasteiger partial charge in [-0.05, 0) is 29.8 Å². The highest BCUT2D eigenvalue weighted by Gasteiger charge is 2.46. The minimum atomic E-state index is -0.784. The molecule has 150 valence electrons. The minimum Gasteiger partial charge on any atom is -0.507 e. The van der Waals surface area contributed by atoms with Gasteiger partial charge in [-0.15, -0.1) is 0 Å². The van der Waals surface area contributed by atoms with Crippen molar-refractivity contribution in [1.29, 1.82) is 0 Å². The fourth-order valence-electron chi connectivity index (χ4n) is 3.57. The van der Waals surface area contributed by atoms with Crippen LogP contribution in [0.5, 0.6) is 5.75 Å². The van der Waals surface area contributed by atoms with Crippen LogP contribution in [-0.2, 0) is 16.1 Å². The molecule has 1 N–H and O–H groups in total. The van der Waals surface area contributed by atoms with Crippen LogP contribution in [0.3, 0.4) is 0 Å². The van der Waals surface area contributed by atoms with E-state index in [4.69, 9.17) is 4.74 Å². The van der Waals surface area contributed by atoms with E-state index in [9.17, 15) is 14.7 Å². The number of nitrogens with zero attached hydrogens (tertiary/aromatic N) is 2. The quantitative estimate of drug-likeness (QED) is 0.401. The molecule has 4 rings (SSSR count). The number of pyridine rings is 1. The smallest absolute Gasteiger partial charge is 0.296 e. The molecule has 3 aromatic rings. The lowest BCUT2D eigenvalue weighted by molar-refractivity contribution is -0.140. The molecule has 1 fully saturated rings. The number of aromatic nitrogens is 1. The Kier molecular flexibility index (Phi) is 5.30. The second-order valence-corrected chi connectivity index (χ2v) is 6.90. The molecular weight excluding hydrogens is 380 g/mol. The lowest BCUT2D eigenvalue weighted by Crippen LogP contribution is -2.29. The first-order chi connectivity index (χ1) is 14.6. The monoisotopic (exact) mass is 400 g/mol. The average molecular weight is 400 g/mol. The van der Waals surface area contributed by atoms with Gasteiger partial charge in [-0.2, -0.15) is 0 Å². The van der Waals surface area contributed by atoms with E-state index in [1.807, 2.05) is 18.2 Å². The first-order valence-electron chi connectivity index (χ1n) is 9.48. The van der Waals surface area contributed by atoms with Gasteiger partial charge in [-0.25, -0.2) is 0 Å². The molecule has 0 aliphatic carbocycles. The van der Waals surface area contributed by atoms with Gasteiger partial charge >= 0.3 is 0 Å². The van der Waals surface area contributed by atoms with Crippen molar-refractivity contribution in [3.8, 4) is 5.75 Å². The summed E-state index contributed by atoms with van der Waals surface area (Å²) in [6.07, 6.45) is 1.60. The Labute approximate surface area is 174 Å². The predicted octanol–water partition coefficient (Wildman–Crippen LogP) is 3.71. The van der Waals surface area contributed by atoms with Crippen molar-refractivity contribution >= 4 is 17.4 Å². The first kappa shape index (κ1) is 19.4. The maximum absolute atomic E-state index is 12.9. The third-order valence-corrected chi connectivity index (χ3v) is 5.07. The Bertz CT molecular complexity index is 1090. The summed E-state index contributed by atoms with van der Waals surface area (Å²) in [5.41, 5.74) is 1.86. The number of carbonyl (C=O) groups excluding carboxylic acids is 2. The number of amides is 1. The van der Waals surface area contributed by atoms with Crippen LogP contribution in [0.4, 0.5) is 0 Å². The molecule has 6 nitrogen and oxygen atoms in total. The SMILES string of the molecule is COc1ccc(CN2C(=O)C(=O)/C(=C(\O)c3ccccc3)C2c2ccccn2)cc1. The normalized spacial score (nSPS) is 17.9. The Balaban J connectivity index is 1.81. The molecule has 1 amide bonds. The summed E-state index contributed by atoms with van der Waals surface area (Å²) < 4.78 is 5.18. The number of benzene rings is 2. The van der Waals surface area contributed by atoms with Crippen molar-refractivity contribution in [3.63, 3.8) is 0 Å². The molecule has 30 heavy (non-hydrogen) atoms. The number of hydrogen-bond acceptors (Lipinski definition) is 5. The molecule has 1 atom stereocenters. The summed E-state index contributed by atoms with van der Waals surface area (Å²) in [6, 6.07) is 20.5. The molecule has 1 unspecified atom stereocenters. The van der Waals surface area contributed by atoms with Gasteiger partial charge in [0.25, 0.3) is 11.7 Å². The van der Waals surface area contributed by atoms with Gasteiger partial charge in [0.15, 0.2) is 0 Å². The first-order valence-corrected chi connectivity index (χ1v) is 9.48. The van der Waals surface area contributed by atoms with Crippen LogP contribution in [-0.4, -0.2) is 33.8 Å². The number of likely N-dealkylation sites (tertiary alicyclic amines) is 1. The van der Waals surface area contributed by atoms with Crippen molar-refractivity contribution in [1.82, 2.24) is 9.88 Å².